The van der Waals surface area contributed by atoms with E-state index in [0.29, 0.717) is 48.2 Å². The van der Waals surface area contributed by atoms with E-state index in [0.717, 1.165) is 6.42 Å². The van der Waals surface area contributed by atoms with Gasteiger partial charge in [-0.05, 0) is 57.9 Å². The van der Waals surface area contributed by atoms with E-state index in [4.69, 9.17) is 14.7 Å². The number of rotatable bonds is 8. The molecule has 0 aliphatic carbocycles. The van der Waals surface area contributed by atoms with Gasteiger partial charge in [0.1, 0.15) is 11.8 Å². The molecule has 2 aromatic rings. The molecule has 3 rings (SSSR count). The minimum absolute atomic E-state index is 0.181. The van der Waals surface area contributed by atoms with Crippen molar-refractivity contribution in [3.63, 3.8) is 0 Å². The lowest BCUT2D eigenvalue weighted by atomic mass is 10.1. The number of likely N-dealkylation sites (tertiary alicyclic amines) is 1. The third kappa shape index (κ3) is 7.30. The molecule has 10 nitrogen and oxygen atoms in total. The number of fused-ring (bicyclic) bond motifs is 1. The monoisotopic (exact) mass is 481 g/mol. The summed E-state index contributed by atoms with van der Waals surface area (Å²) in [6.07, 6.45) is 3.00. The van der Waals surface area contributed by atoms with Gasteiger partial charge in [0.2, 0.25) is 5.91 Å². The van der Waals surface area contributed by atoms with Crippen molar-refractivity contribution in [1.29, 1.82) is 5.26 Å². The predicted molar refractivity (Wildman–Crippen MR) is 129 cm³/mol. The highest BCUT2D eigenvalue weighted by molar-refractivity contribution is 6.07. The molecule has 1 aliphatic rings. The van der Waals surface area contributed by atoms with Gasteiger partial charge in [0.25, 0.3) is 5.91 Å². The smallest absolute Gasteiger partial charge is 0.407 e. The third-order valence-electron chi connectivity index (χ3n) is 5.35. The number of carbonyl (C=O) groups excluding carboxylic acids is 3. The highest BCUT2D eigenvalue weighted by Gasteiger charge is 2.28. The number of hydrogen-bond donors (Lipinski definition) is 2. The highest BCUT2D eigenvalue weighted by Crippen LogP contribution is 2.23. The lowest BCUT2D eigenvalue weighted by Crippen LogP contribution is -2.42. The zero-order valence-corrected chi connectivity index (χ0v) is 20.3. The Kier molecular flexibility index (Phi) is 8.47. The molecule has 0 spiro atoms. The van der Waals surface area contributed by atoms with Crippen LogP contribution in [-0.4, -0.2) is 65.7 Å². The van der Waals surface area contributed by atoms with Crippen LogP contribution < -0.4 is 15.4 Å². The molecule has 0 bridgehead atoms. The molecular formula is C25H31N5O5. The van der Waals surface area contributed by atoms with Crippen LogP contribution >= 0.6 is 0 Å². The molecule has 1 aromatic carbocycles. The van der Waals surface area contributed by atoms with Crippen molar-refractivity contribution in [2.45, 2.75) is 51.6 Å². The number of nitriles is 1. The van der Waals surface area contributed by atoms with Crippen LogP contribution in [-0.2, 0) is 9.53 Å². The Morgan fingerprint density at radius 3 is 2.77 bits per heavy atom. The molecule has 1 aromatic heterocycles. The molecule has 0 radical (unpaired) electrons. The molecule has 1 saturated heterocycles. The molecule has 10 heteroatoms. The Balaban J connectivity index is 1.55. The maximum atomic E-state index is 12.8. The number of aromatic nitrogens is 1. The number of nitrogens with one attached hydrogen (secondary N) is 2. The molecule has 2 heterocycles. The molecule has 35 heavy (non-hydrogen) atoms. The second kappa shape index (κ2) is 11.5. The van der Waals surface area contributed by atoms with Crippen LogP contribution in [0, 0.1) is 11.3 Å². The zero-order valence-electron chi connectivity index (χ0n) is 20.3. The fraction of sp³-hybridized carbons (Fsp3) is 0.480. The second-order valence-electron chi connectivity index (χ2n) is 9.31. The third-order valence-corrected chi connectivity index (χ3v) is 5.35. The highest BCUT2D eigenvalue weighted by atomic mass is 16.5. The number of pyridine rings is 1. The molecule has 2 N–H and O–H groups in total. The Labute approximate surface area is 204 Å². The van der Waals surface area contributed by atoms with Gasteiger partial charge in [-0.1, -0.05) is 0 Å². The van der Waals surface area contributed by atoms with Gasteiger partial charge in [-0.15, -0.1) is 0 Å². The quantitative estimate of drug-likeness (QED) is 0.554. The van der Waals surface area contributed by atoms with Crippen molar-refractivity contribution < 1.29 is 23.9 Å². The van der Waals surface area contributed by atoms with Crippen LogP contribution in [0.2, 0.25) is 0 Å². The average Bonchev–Trinajstić information content (AvgIpc) is 3.29. The molecule has 1 atom stereocenters. The first-order valence-corrected chi connectivity index (χ1v) is 11.6. The maximum absolute atomic E-state index is 12.8. The normalized spacial score (nSPS) is 15.4. The summed E-state index contributed by atoms with van der Waals surface area (Å²) in [6.45, 7) is 6.49. The fourth-order valence-electron chi connectivity index (χ4n) is 3.72. The van der Waals surface area contributed by atoms with Gasteiger partial charge in [0.05, 0.1) is 36.9 Å². The second-order valence-corrected chi connectivity index (χ2v) is 9.31. The molecular weight excluding hydrogens is 450 g/mol. The van der Waals surface area contributed by atoms with Crippen molar-refractivity contribution in [2.75, 3.05) is 26.3 Å². The summed E-state index contributed by atoms with van der Waals surface area (Å²) in [6, 6.07) is 8.50. The van der Waals surface area contributed by atoms with Gasteiger partial charge in [-0.3, -0.25) is 14.6 Å². The molecule has 1 fully saturated rings. The van der Waals surface area contributed by atoms with Gasteiger partial charge < -0.3 is 25.0 Å². The summed E-state index contributed by atoms with van der Waals surface area (Å²) in [5.41, 5.74) is 0.619. The number of carbonyl (C=O) groups is 3. The number of amides is 3. The zero-order chi connectivity index (χ0) is 25.4. The lowest BCUT2D eigenvalue weighted by molar-refractivity contribution is -0.130. The Morgan fingerprint density at radius 1 is 1.23 bits per heavy atom. The fourth-order valence-corrected chi connectivity index (χ4v) is 3.72. The van der Waals surface area contributed by atoms with Gasteiger partial charge in [-0.2, -0.15) is 5.26 Å². The standard InChI is InChI=1S/C25H31N5O5/c1-25(2,3)29-24(33)35-13-5-12-34-18-7-8-21-20(14-18)19(9-10-27-21)23(32)28-16-22(31)30-11-4-6-17(30)15-26/h7-10,14,17H,4-6,11-13,16H2,1-3H3,(H,28,32)(H,29,33)/t17-/m0/s1. The number of alkyl carbamates (subject to hydrolysis) is 1. The van der Waals surface area contributed by atoms with Crippen LogP contribution in [0.5, 0.6) is 5.75 Å². The molecule has 3 amide bonds. The first-order chi connectivity index (χ1) is 16.7. The molecule has 0 saturated carbocycles. The Bertz CT molecular complexity index is 1120. The van der Waals surface area contributed by atoms with E-state index in [1.807, 2.05) is 20.8 Å². The first-order valence-electron chi connectivity index (χ1n) is 11.6. The van der Waals surface area contributed by atoms with Crippen LogP contribution in [0.4, 0.5) is 4.79 Å². The van der Waals surface area contributed by atoms with Crippen molar-refractivity contribution in [3.05, 3.63) is 36.0 Å². The van der Waals surface area contributed by atoms with Gasteiger partial charge in [0.15, 0.2) is 0 Å². The van der Waals surface area contributed by atoms with Gasteiger partial charge in [0, 0.05) is 30.1 Å². The lowest BCUT2D eigenvalue weighted by Gasteiger charge is -2.20. The van der Waals surface area contributed by atoms with Crippen molar-refractivity contribution in [1.82, 2.24) is 20.5 Å². The van der Waals surface area contributed by atoms with E-state index in [9.17, 15) is 14.4 Å². The predicted octanol–water partition coefficient (Wildman–Crippen LogP) is 2.77. The summed E-state index contributed by atoms with van der Waals surface area (Å²) in [7, 11) is 0. The van der Waals surface area contributed by atoms with Gasteiger partial charge >= 0.3 is 6.09 Å². The largest absolute Gasteiger partial charge is 0.493 e. The van der Waals surface area contributed by atoms with E-state index < -0.39 is 18.0 Å². The number of benzene rings is 1. The molecule has 0 unspecified atom stereocenters. The Morgan fingerprint density at radius 2 is 2.03 bits per heavy atom. The maximum Gasteiger partial charge on any atom is 0.407 e. The van der Waals surface area contributed by atoms with Crippen LogP contribution in [0.1, 0.15) is 50.4 Å². The van der Waals surface area contributed by atoms with Crippen molar-refractivity contribution in [3.8, 4) is 11.8 Å². The summed E-state index contributed by atoms with van der Waals surface area (Å²) in [5.74, 6) is -0.138. The van der Waals surface area contributed by atoms with Crippen LogP contribution in [0.3, 0.4) is 0 Å². The van der Waals surface area contributed by atoms with E-state index in [1.54, 1.807) is 24.3 Å². The van der Waals surface area contributed by atoms with E-state index in [-0.39, 0.29) is 24.6 Å². The summed E-state index contributed by atoms with van der Waals surface area (Å²) in [4.78, 5) is 42.8. The number of hydrogen-bond acceptors (Lipinski definition) is 7. The van der Waals surface area contributed by atoms with Crippen LogP contribution in [0.15, 0.2) is 30.5 Å². The van der Waals surface area contributed by atoms with Crippen molar-refractivity contribution in [2.24, 2.45) is 0 Å². The Hall–Kier alpha value is -3.87. The molecule has 1 aliphatic heterocycles. The van der Waals surface area contributed by atoms with Crippen LogP contribution in [0.25, 0.3) is 10.9 Å². The SMILES string of the molecule is CC(C)(C)NC(=O)OCCCOc1ccc2nccc(C(=O)NCC(=O)N3CCC[C@H]3C#N)c2c1. The summed E-state index contributed by atoms with van der Waals surface area (Å²) < 4.78 is 10.9. The molecule has 186 valence electrons. The number of ether oxygens (including phenoxy) is 2. The first kappa shape index (κ1) is 25.7. The average molecular weight is 482 g/mol. The van der Waals surface area contributed by atoms with Crippen molar-refractivity contribution >= 4 is 28.8 Å². The van der Waals surface area contributed by atoms with E-state index >= 15 is 0 Å². The van der Waals surface area contributed by atoms with Gasteiger partial charge in [-0.25, -0.2) is 4.79 Å². The summed E-state index contributed by atoms with van der Waals surface area (Å²) >= 11 is 0. The topological polar surface area (TPSA) is 134 Å². The summed E-state index contributed by atoms with van der Waals surface area (Å²) in [5, 5.41) is 15.1. The van der Waals surface area contributed by atoms with E-state index in [1.165, 1.54) is 11.1 Å². The minimum Gasteiger partial charge on any atom is -0.493 e. The minimum atomic E-state index is -0.476. The van der Waals surface area contributed by atoms with E-state index in [2.05, 4.69) is 21.7 Å². The number of nitrogens with zero attached hydrogens (tertiary/aromatic N) is 3.